The minimum atomic E-state index is -3.76. The third kappa shape index (κ3) is 4.78. The maximum atomic E-state index is 13.0. The molecule has 1 amide bonds. The molecule has 3 rings (SSSR count). The van der Waals surface area contributed by atoms with E-state index in [2.05, 4.69) is 14.9 Å². The molecular formula is C23H30N4O4S. The number of hydrogen-bond acceptors (Lipinski definition) is 5. The lowest BCUT2D eigenvalue weighted by Gasteiger charge is -2.20. The number of aryl methyl sites for hydroxylation is 2. The molecule has 172 valence electrons. The second-order valence-electron chi connectivity index (χ2n) is 7.36. The van der Waals surface area contributed by atoms with E-state index in [1.165, 1.54) is 23.5 Å². The summed E-state index contributed by atoms with van der Waals surface area (Å²) in [5, 5.41) is 2.88. The standard InChI is InChI=1S/C23H30N4O4S/c1-5-26(6-2)32(29,30)22-16-18(12-13-21(22)31-4)23(28)24-14-9-15-27-17(3)25-19-10-7-8-11-20(19)27/h7-8,10-13,16H,5-6,9,14-15H2,1-4H3,(H,24,28). The van der Waals surface area contributed by atoms with Gasteiger partial charge < -0.3 is 14.6 Å². The van der Waals surface area contributed by atoms with E-state index in [0.29, 0.717) is 26.1 Å². The van der Waals surface area contributed by atoms with Gasteiger partial charge >= 0.3 is 0 Å². The minimum absolute atomic E-state index is 0.00291. The topological polar surface area (TPSA) is 93.5 Å². The van der Waals surface area contributed by atoms with E-state index in [-0.39, 0.29) is 22.1 Å². The predicted octanol–water partition coefficient (Wildman–Crippen LogP) is 3.20. The fraction of sp³-hybridized carbons (Fsp3) is 0.391. The highest BCUT2D eigenvalue weighted by Gasteiger charge is 2.26. The monoisotopic (exact) mass is 458 g/mol. The van der Waals surface area contributed by atoms with Crippen LogP contribution >= 0.6 is 0 Å². The molecule has 1 aromatic heterocycles. The van der Waals surface area contributed by atoms with Crippen molar-refractivity contribution in [3.8, 4) is 5.75 Å². The first-order chi connectivity index (χ1) is 15.3. The van der Waals surface area contributed by atoms with Gasteiger partial charge in [0.1, 0.15) is 16.5 Å². The molecule has 3 aromatic rings. The highest BCUT2D eigenvalue weighted by atomic mass is 32.2. The molecule has 2 aromatic carbocycles. The number of fused-ring (bicyclic) bond motifs is 1. The predicted molar refractivity (Wildman–Crippen MR) is 125 cm³/mol. The molecule has 0 saturated carbocycles. The first-order valence-electron chi connectivity index (χ1n) is 10.7. The second kappa shape index (κ2) is 10.1. The lowest BCUT2D eigenvalue weighted by atomic mass is 10.2. The zero-order valence-corrected chi connectivity index (χ0v) is 19.8. The highest BCUT2D eigenvalue weighted by molar-refractivity contribution is 7.89. The lowest BCUT2D eigenvalue weighted by molar-refractivity contribution is 0.0952. The van der Waals surface area contributed by atoms with Crippen molar-refractivity contribution in [1.82, 2.24) is 19.2 Å². The number of aromatic nitrogens is 2. The van der Waals surface area contributed by atoms with Crippen molar-refractivity contribution in [2.75, 3.05) is 26.7 Å². The van der Waals surface area contributed by atoms with Gasteiger partial charge in [0.2, 0.25) is 10.0 Å². The Kier molecular flexibility index (Phi) is 7.52. The maximum Gasteiger partial charge on any atom is 0.251 e. The number of para-hydroxylation sites is 2. The van der Waals surface area contributed by atoms with Gasteiger partial charge in [0.15, 0.2) is 0 Å². The SMILES string of the molecule is CCN(CC)S(=O)(=O)c1cc(C(=O)NCCCn2c(C)nc3ccccc32)ccc1OC. The Labute approximate surface area is 189 Å². The molecule has 0 atom stereocenters. The Hall–Kier alpha value is -2.91. The first kappa shape index (κ1) is 23.7. The molecule has 0 aliphatic rings. The van der Waals surface area contributed by atoms with Crippen LogP contribution in [0.3, 0.4) is 0 Å². The number of sulfonamides is 1. The number of benzene rings is 2. The first-order valence-corrected chi connectivity index (χ1v) is 12.2. The van der Waals surface area contributed by atoms with Gasteiger partial charge in [-0.2, -0.15) is 4.31 Å². The number of methoxy groups -OCH3 is 1. The summed E-state index contributed by atoms with van der Waals surface area (Å²) in [6.45, 7) is 7.35. The zero-order valence-electron chi connectivity index (χ0n) is 19.0. The molecule has 0 unspecified atom stereocenters. The summed E-state index contributed by atoms with van der Waals surface area (Å²) in [5.74, 6) is 0.825. The van der Waals surface area contributed by atoms with E-state index >= 15 is 0 Å². The number of rotatable bonds is 10. The number of nitrogens with one attached hydrogen (secondary N) is 1. The van der Waals surface area contributed by atoms with E-state index in [1.807, 2.05) is 31.2 Å². The van der Waals surface area contributed by atoms with Crippen LogP contribution in [0.25, 0.3) is 11.0 Å². The largest absolute Gasteiger partial charge is 0.495 e. The maximum absolute atomic E-state index is 13.0. The number of nitrogens with zero attached hydrogens (tertiary/aromatic N) is 3. The molecule has 1 N–H and O–H groups in total. The summed E-state index contributed by atoms with van der Waals surface area (Å²) < 4.78 is 34.7. The van der Waals surface area contributed by atoms with Crippen LogP contribution in [0, 0.1) is 6.92 Å². The van der Waals surface area contributed by atoms with Gasteiger partial charge in [-0.3, -0.25) is 4.79 Å². The van der Waals surface area contributed by atoms with Crippen molar-refractivity contribution < 1.29 is 17.9 Å². The average molecular weight is 459 g/mol. The van der Waals surface area contributed by atoms with Gasteiger partial charge in [0.25, 0.3) is 5.91 Å². The molecule has 32 heavy (non-hydrogen) atoms. The van der Waals surface area contributed by atoms with Crippen LogP contribution in [0.15, 0.2) is 47.4 Å². The molecular weight excluding hydrogens is 428 g/mol. The van der Waals surface area contributed by atoms with Crippen LogP contribution in [-0.2, 0) is 16.6 Å². The Morgan fingerprint density at radius 2 is 1.88 bits per heavy atom. The van der Waals surface area contributed by atoms with E-state index in [9.17, 15) is 13.2 Å². The van der Waals surface area contributed by atoms with Gasteiger partial charge in [0, 0.05) is 31.7 Å². The van der Waals surface area contributed by atoms with Gasteiger partial charge in [-0.15, -0.1) is 0 Å². The van der Waals surface area contributed by atoms with E-state index < -0.39 is 10.0 Å². The smallest absolute Gasteiger partial charge is 0.251 e. The van der Waals surface area contributed by atoms with Crippen molar-refractivity contribution in [2.45, 2.75) is 38.6 Å². The van der Waals surface area contributed by atoms with Crippen LogP contribution in [0.1, 0.15) is 36.5 Å². The van der Waals surface area contributed by atoms with E-state index in [0.717, 1.165) is 23.4 Å². The van der Waals surface area contributed by atoms with Crippen molar-refractivity contribution in [3.63, 3.8) is 0 Å². The molecule has 0 aliphatic carbocycles. The van der Waals surface area contributed by atoms with E-state index in [1.54, 1.807) is 19.9 Å². The highest BCUT2D eigenvalue weighted by Crippen LogP contribution is 2.28. The van der Waals surface area contributed by atoms with Gasteiger partial charge in [-0.05, 0) is 43.7 Å². The molecule has 0 saturated heterocycles. The van der Waals surface area contributed by atoms with Crippen molar-refractivity contribution in [3.05, 3.63) is 53.9 Å². The zero-order chi connectivity index (χ0) is 23.3. The van der Waals surface area contributed by atoms with Gasteiger partial charge in [0.05, 0.1) is 18.1 Å². The molecule has 0 spiro atoms. The quantitative estimate of drug-likeness (QED) is 0.471. The van der Waals surface area contributed by atoms with Crippen LogP contribution in [0.5, 0.6) is 5.75 Å². The Morgan fingerprint density at radius 1 is 1.16 bits per heavy atom. The Bertz CT molecular complexity index is 1200. The lowest BCUT2D eigenvalue weighted by Crippen LogP contribution is -2.31. The average Bonchev–Trinajstić information content (AvgIpc) is 3.11. The molecule has 0 radical (unpaired) electrons. The minimum Gasteiger partial charge on any atom is -0.495 e. The molecule has 0 fully saturated rings. The molecule has 0 aliphatic heterocycles. The van der Waals surface area contributed by atoms with Crippen molar-refractivity contribution in [2.24, 2.45) is 0 Å². The van der Waals surface area contributed by atoms with Gasteiger partial charge in [-0.25, -0.2) is 13.4 Å². The summed E-state index contributed by atoms with van der Waals surface area (Å²) in [4.78, 5) is 17.2. The number of carbonyl (C=O) groups is 1. The fourth-order valence-corrected chi connectivity index (χ4v) is 5.38. The van der Waals surface area contributed by atoms with Crippen molar-refractivity contribution >= 4 is 27.0 Å². The fourth-order valence-electron chi connectivity index (χ4n) is 3.74. The Morgan fingerprint density at radius 3 is 2.56 bits per heavy atom. The molecule has 0 bridgehead atoms. The second-order valence-corrected chi connectivity index (χ2v) is 9.27. The summed E-state index contributed by atoms with van der Waals surface area (Å²) >= 11 is 0. The number of imidazole rings is 1. The third-order valence-corrected chi connectivity index (χ3v) is 7.51. The third-order valence-electron chi connectivity index (χ3n) is 5.44. The van der Waals surface area contributed by atoms with Crippen LogP contribution < -0.4 is 10.1 Å². The normalized spacial score (nSPS) is 11.8. The Balaban J connectivity index is 1.69. The summed E-state index contributed by atoms with van der Waals surface area (Å²) in [5.41, 5.74) is 2.30. The molecule has 1 heterocycles. The summed E-state index contributed by atoms with van der Waals surface area (Å²) in [7, 11) is -2.35. The molecule has 9 heteroatoms. The molecule has 8 nitrogen and oxygen atoms in total. The van der Waals surface area contributed by atoms with E-state index in [4.69, 9.17) is 4.74 Å². The summed E-state index contributed by atoms with van der Waals surface area (Å²) in [6, 6.07) is 12.4. The van der Waals surface area contributed by atoms with Crippen molar-refractivity contribution in [1.29, 1.82) is 0 Å². The van der Waals surface area contributed by atoms with Crippen LogP contribution in [0.4, 0.5) is 0 Å². The number of amides is 1. The number of hydrogen-bond donors (Lipinski definition) is 1. The number of carbonyl (C=O) groups excluding carboxylic acids is 1. The van der Waals surface area contributed by atoms with Crippen LogP contribution in [-0.4, -0.2) is 54.9 Å². The van der Waals surface area contributed by atoms with Crippen LogP contribution in [0.2, 0.25) is 0 Å². The number of ether oxygens (including phenoxy) is 1. The van der Waals surface area contributed by atoms with Gasteiger partial charge in [-0.1, -0.05) is 26.0 Å². The summed E-state index contributed by atoms with van der Waals surface area (Å²) in [6.07, 6.45) is 0.716.